The number of hydrogen-bond acceptors (Lipinski definition) is 5. The van der Waals surface area contributed by atoms with Crippen molar-refractivity contribution < 1.29 is 14.3 Å². The van der Waals surface area contributed by atoms with Gasteiger partial charge in [-0.25, -0.2) is 4.98 Å². The van der Waals surface area contributed by atoms with Crippen molar-refractivity contribution in [3.8, 4) is 11.5 Å². The van der Waals surface area contributed by atoms with Crippen LogP contribution < -0.4 is 14.8 Å². The number of carbonyl (C=O) groups excluding carboxylic acids is 1. The van der Waals surface area contributed by atoms with E-state index in [1.807, 2.05) is 24.4 Å². The molecule has 128 valence electrons. The molecule has 1 aromatic heterocycles. The molecular formula is C19H18N2O3S. The summed E-state index contributed by atoms with van der Waals surface area (Å²) < 4.78 is 10.9. The van der Waals surface area contributed by atoms with Crippen molar-refractivity contribution in [3.63, 3.8) is 0 Å². The summed E-state index contributed by atoms with van der Waals surface area (Å²) in [7, 11) is 1.60. The highest BCUT2D eigenvalue weighted by molar-refractivity contribution is 7.09. The van der Waals surface area contributed by atoms with Gasteiger partial charge in [-0.05, 0) is 43.3 Å². The Morgan fingerprint density at radius 1 is 1.16 bits per heavy atom. The second-order valence-electron chi connectivity index (χ2n) is 5.33. The van der Waals surface area contributed by atoms with Gasteiger partial charge in [0.1, 0.15) is 18.1 Å². The van der Waals surface area contributed by atoms with Crippen LogP contribution in [-0.4, -0.2) is 18.0 Å². The summed E-state index contributed by atoms with van der Waals surface area (Å²) in [5.41, 5.74) is 2.02. The van der Waals surface area contributed by atoms with E-state index in [9.17, 15) is 4.79 Å². The van der Waals surface area contributed by atoms with Gasteiger partial charge in [-0.15, -0.1) is 11.3 Å². The van der Waals surface area contributed by atoms with E-state index >= 15 is 0 Å². The SMILES string of the molecule is COc1ccc(NC(=O)c2ccccc2OCc2csc(C)n2)cc1. The highest BCUT2D eigenvalue weighted by atomic mass is 32.1. The molecule has 25 heavy (non-hydrogen) atoms. The number of anilines is 1. The number of benzene rings is 2. The fraction of sp³-hybridized carbons (Fsp3) is 0.158. The van der Waals surface area contributed by atoms with E-state index in [-0.39, 0.29) is 5.91 Å². The van der Waals surface area contributed by atoms with Crippen molar-refractivity contribution in [3.05, 3.63) is 70.2 Å². The maximum Gasteiger partial charge on any atom is 0.259 e. The van der Waals surface area contributed by atoms with Crippen LogP contribution in [0.5, 0.6) is 11.5 Å². The van der Waals surface area contributed by atoms with Crippen LogP contribution in [0.15, 0.2) is 53.9 Å². The number of thiazole rings is 1. The fourth-order valence-corrected chi connectivity index (χ4v) is 2.88. The summed E-state index contributed by atoms with van der Waals surface area (Å²) >= 11 is 1.57. The number of amides is 1. The van der Waals surface area contributed by atoms with Gasteiger partial charge in [-0.1, -0.05) is 12.1 Å². The Morgan fingerprint density at radius 3 is 2.60 bits per heavy atom. The zero-order valence-electron chi connectivity index (χ0n) is 14.0. The van der Waals surface area contributed by atoms with Crippen LogP contribution in [0, 0.1) is 6.92 Å². The van der Waals surface area contributed by atoms with E-state index in [2.05, 4.69) is 10.3 Å². The molecule has 2 aromatic carbocycles. The van der Waals surface area contributed by atoms with Gasteiger partial charge >= 0.3 is 0 Å². The second-order valence-corrected chi connectivity index (χ2v) is 6.39. The van der Waals surface area contributed by atoms with Gasteiger partial charge in [0.25, 0.3) is 5.91 Å². The highest BCUT2D eigenvalue weighted by Crippen LogP contribution is 2.22. The first-order chi connectivity index (χ1) is 12.2. The molecule has 0 spiro atoms. The zero-order valence-corrected chi connectivity index (χ0v) is 14.8. The predicted molar refractivity (Wildman–Crippen MR) is 98.6 cm³/mol. The van der Waals surface area contributed by atoms with E-state index < -0.39 is 0 Å². The summed E-state index contributed by atoms with van der Waals surface area (Å²) in [6.07, 6.45) is 0. The molecule has 6 heteroatoms. The first-order valence-corrected chi connectivity index (χ1v) is 8.62. The number of para-hydroxylation sites is 1. The molecule has 3 rings (SSSR count). The summed E-state index contributed by atoms with van der Waals surface area (Å²) in [6, 6.07) is 14.3. The van der Waals surface area contributed by atoms with Gasteiger partial charge in [0.05, 0.1) is 23.4 Å². The lowest BCUT2D eigenvalue weighted by Gasteiger charge is -2.11. The minimum absolute atomic E-state index is 0.227. The van der Waals surface area contributed by atoms with Crippen molar-refractivity contribution >= 4 is 22.9 Å². The topological polar surface area (TPSA) is 60.5 Å². The molecule has 0 fully saturated rings. The maximum atomic E-state index is 12.6. The van der Waals surface area contributed by atoms with Crippen molar-refractivity contribution in [2.24, 2.45) is 0 Å². The number of aromatic nitrogens is 1. The minimum Gasteiger partial charge on any atom is -0.497 e. The first kappa shape index (κ1) is 17.0. The van der Waals surface area contributed by atoms with E-state index in [4.69, 9.17) is 9.47 Å². The Morgan fingerprint density at radius 2 is 1.92 bits per heavy atom. The summed E-state index contributed by atoms with van der Waals surface area (Å²) in [4.78, 5) is 16.9. The second kappa shape index (κ2) is 7.81. The third-order valence-corrected chi connectivity index (χ3v) is 4.34. The van der Waals surface area contributed by atoms with Crippen LogP contribution >= 0.6 is 11.3 Å². The molecular weight excluding hydrogens is 336 g/mol. The summed E-state index contributed by atoms with van der Waals surface area (Å²) in [5, 5.41) is 5.81. The molecule has 5 nitrogen and oxygen atoms in total. The average Bonchev–Trinajstić information content (AvgIpc) is 3.06. The Labute approximate surface area is 150 Å². The molecule has 3 aromatic rings. The number of methoxy groups -OCH3 is 1. The van der Waals surface area contributed by atoms with Crippen molar-refractivity contribution in [1.82, 2.24) is 4.98 Å². The number of hydrogen-bond donors (Lipinski definition) is 1. The summed E-state index contributed by atoms with van der Waals surface area (Å²) in [5.74, 6) is 1.04. The molecule has 1 amide bonds. The Bertz CT molecular complexity index is 859. The number of ether oxygens (including phenoxy) is 2. The summed E-state index contributed by atoms with van der Waals surface area (Å²) in [6.45, 7) is 2.28. The molecule has 0 saturated heterocycles. The fourth-order valence-electron chi connectivity index (χ4n) is 2.28. The molecule has 0 unspecified atom stereocenters. The number of carbonyl (C=O) groups is 1. The van der Waals surface area contributed by atoms with Crippen LogP contribution in [0.25, 0.3) is 0 Å². The lowest BCUT2D eigenvalue weighted by molar-refractivity contribution is 0.102. The van der Waals surface area contributed by atoms with Crippen molar-refractivity contribution in [2.45, 2.75) is 13.5 Å². The van der Waals surface area contributed by atoms with Gasteiger partial charge in [0, 0.05) is 11.1 Å². The van der Waals surface area contributed by atoms with Gasteiger partial charge in [-0.3, -0.25) is 4.79 Å². The van der Waals surface area contributed by atoms with Crippen LogP contribution in [0.4, 0.5) is 5.69 Å². The van der Waals surface area contributed by atoms with Crippen LogP contribution in [-0.2, 0) is 6.61 Å². The average molecular weight is 354 g/mol. The van der Waals surface area contributed by atoms with E-state index in [1.165, 1.54) is 0 Å². The quantitative estimate of drug-likeness (QED) is 0.717. The Kier molecular flexibility index (Phi) is 5.30. The smallest absolute Gasteiger partial charge is 0.259 e. The number of nitrogens with zero attached hydrogens (tertiary/aromatic N) is 1. The third kappa shape index (κ3) is 4.36. The van der Waals surface area contributed by atoms with Crippen LogP contribution in [0.2, 0.25) is 0 Å². The molecule has 0 radical (unpaired) electrons. The Balaban J connectivity index is 1.71. The number of nitrogens with one attached hydrogen (secondary N) is 1. The van der Waals surface area contributed by atoms with Crippen molar-refractivity contribution in [1.29, 1.82) is 0 Å². The monoisotopic (exact) mass is 354 g/mol. The van der Waals surface area contributed by atoms with Gasteiger partial charge in [0.15, 0.2) is 0 Å². The van der Waals surface area contributed by atoms with Gasteiger partial charge in [-0.2, -0.15) is 0 Å². The van der Waals surface area contributed by atoms with Crippen LogP contribution in [0.3, 0.4) is 0 Å². The molecule has 1 N–H and O–H groups in total. The normalized spacial score (nSPS) is 10.3. The minimum atomic E-state index is -0.227. The lowest BCUT2D eigenvalue weighted by Crippen LogP contribution is -2.13. The molecule has 1 heterocycles. The number of rotatable bonds is 6. The maximum absolute atomic E-state index is 12.6. The molecule has 0 atom stereocenters. The van der Waals surface area contributed by atoms with Gasteiger partial charge in [0.2, 0.25) is 0 Å². The number of aryl methyl sites for hydroxylation is 1. The molecule has 0 aliphatic rings. The molecule has 0 aliphatic carbocycles. The highest BCUT2D eigenvalue weighted by Gasteiger charge is 2.13. The first-order valence-electron chi connectivity index (χ1n) is 7.74. The van der Waals surface area contributed by atoms with E-state index in [0.29, 0.717) is 23.6 Å². The van der Waals surface area contributed by atoms with E-state index in [0.717, 1.165) is 16.5 Å². The van der Waals surface area contributed by atoms with Crippen molar-refractivity contribution in [2.75, 3.05) is 12.4 Å². The van der Waals surface area contributed by atoms with Crippen LogP contribution in [0.1, 0.15) is 21.1 Å². The molecule has 0 aliphatic heterocycles. The lowest BCUT2D eigenvalue weighted by atomic mass is 10.2. The standard InChI is InChI=1S/C19H18N2O3S/c1-13-20-15(12-25-13)11-24-18-6-4-3-5-17(18)19(22)21-14-7-9-16(23-2)10-8-14/h3-10,12H,11H2,1-2H3,(H,21,22). The predicted octanol–water partition coefficient (Wildman–Crippen LogP) is 4.29. The zero-order chi connectivity index (χ0) is 17.6. The Hall–Kier alpha value is -2.86. The van der Waals surface area contributed by atoms with Gasteiger partial charge < -0.3 is 14.8 Å². The largest absolute Gasteiger partial charge is 0.497 e. The molecule has 0 bridgehead atoms. The van der Waals surface area contributed by atoms with E-state index in [1.54, 1.807) is 54.8 Å². The molecule has 0 saturated carbocycles. The third-order valence-electron chi connectivity index (χ3n) is 3.52.